The SMILES string of the molecule is Cc1ccc(C(C)NC(=NCc2ccccc2)NCc2nnc(C)n2C)o1.I. The molecule has 0 saturated carbocycles. The molecular formula is C20H27IN6O. The summed E-state index contributed by atoms with van der Waals surface area (Å²) in [5.41, 5.74) is 1.15. The van der Waals surface area contributed by atoms with Crippen molar-refractivity contribution in [3.8, 4) is 0 Å². The van der Waals surface area contributed by atoms with Gasteiger partial charge in [0.25, 0.3) is 0 Å². The third kappa shape index (κ3) is 5.82. The molecule has 0 fully saturated rings. The van der Waals surface area contributed by atoms with Crippen LogP contribution in [0.1, 0.15) is 41.7 Å². The monoisotopic (exact) mass is 494 g/mol. The second-order valence-electron chi connectivity index (χ2n) is 6.54. The Kier molecular flexibility index (Phi) is 8.04. The zero-order chi connectivity index (χ0) is 19.2. The minimum atomic E-state index is -0.0121. The van der Waals surface area contributed by atoms with E-state index in [1.54, 1.807) is 0 Å². The van der Waals surface area contributed by atoms with E-state index in [4.69, 9.17) is 9.41 Å². The summed E-state index contributed by atoms with van der Waals surface area (Å²) in [6, 6.07) is 14.1. The van der Waals surface area contributed by atoms with Gasteiger partial charge in [-0.25, -0.2) is 4.99 Å². The van der Waals surface area contributed by atoms with Crippen LogP contribution < -0.4 is 10.6 Å². The van der Waals surface area contributed by atoms with E-state index >= 15 is 0 Å². The Morgan fingerprint density at radius 1 is 1.14 bits per heavy atom. The van der Waals surface area contributed by atoms with E-state index in [1.165, 1.54) is 0 Å². The first-order valence-corrected chi connectivity index (χ1v) is 9.03. The molecule has 1 atom stereocenters. The van der Waals surface area contributed by atoms with Crippen LogP contribution in [0, 0.1) is 13.8 Å². The standard InChI is InChI=1S/C20H26N6O.HI/c1-14-10-11-18(27-14)15(2)23-20(21-12-17-8-6-5-7-9-17)22-13-19-25-24-16(3)26(19)4;/h5-11,15H,12-13H2,1-4H3,(H2,21,22,23);1H. The van der Waals surface area contributed by atoms with Gasteiger partial charge >= 0.3 is 0 Å². The van der Waals surface area contributed by atoms with E-state index in [0.29, 0.717) is 19.0 Å². The highest BCUT2D eigenvalue weighted by Crippen LogP contribution is 2.15. The molecule has 0 amide bonds. The van der Waals surface area contributed by atoms with Crippen LogP contribution in [0.3, 0.4) is 0 Å². The molecule has 28 heavy (non-hydrogen) atoms. The maximum Gasteiger partial charge on any atom is 0.192 e. The van der Waals surface area contributed by atoms with E-state index in [1.807, 2.05) is 62.7 Å². The fourth-order valence-corrected chi connectivity index (χ4v) is 2.64. The van der Waals surface area contributed by atoms with Gasteiger partial charge in [-0.15, -0.1) is 34.2 Å². The van der Waals surface area contributed by atoms with Gasteiger partial charge in [-0.1, -0.05) is 30.3 Å². The predicted octanol–water partition coefficient (Wildman–Crippen LogP) is 3.64. The lowest BCUT2D eigenvalue weighted by Crippen LogP contribution is -2.39. The first kappa shape index (κ1) is 21.9. The third-order valence-electron chi connectivity index (χ3n) is 4.40. The number of halogens is 1. The molecular weight excluding hydrogens is 467 g/mol. The number of rotatable bonds is 6. The Morgan fingerprint density at radius 3 is 2.50 bits per heavy atom. The molecule has 0 saturated heterocycles. The van der Waals surface area contributed by atoms with Crippen LogP contribution in [-0.4, -0.2) is 20.7 Å². The van der Waals surface area contributed by atoms with Crippen LogP contribution in [-0.2, 0) is 20.1 Å². The molecule has 2 N–H and O–H groups in total. The van der Waals surface area contributed by atoms with Crippen LogP contribution in [0.15, 0.2) is 51.9 Å². The summed E-state index contributed by atoms with van der Waals surface area (Å²) in [5, 5.41) is 15.0. The van der Waals surface area contributed by atoms with E-state index in [2.05, 4.69) is 33.0 Å². The highest BCUT2D eigenvalue weighted by Gasteiger charge is 2.13. The van der Waals surface area contributed by atoms with Gasteiger partial charge in [-0.2, -0.15) is 0 Å². The molecule has 8 heteroatoms. The molecule has 0 aliphatic rings. The molecule has 3 rings (SSSR count). The quantitative estimate of drug-likeness (QED) is 0.311. The lowest BCUT2D eigenvalue weighted by atomic mass is 10.2. The van der Waals surface area contributed by atoms with Gasteiger partial charge < -0.3 is 19.6 Å². The van der Waals surface area contributed by atoms with Gasteiger partial charge in [0.2, 0.25) is 0 Å². The molecule has 1 aromatic carbocycles. The van der Waals surface area contributed by atoms with Crippen LogP contribution in [0.4, 0.5) is 0 Å². The topological polar surface area (TPSA) is 80.3 Å². The van der Waals surface area contributed by atoms with E-state index in [9.17, 15) is 0 Å². The molecule has 0 bridgehead atoms. The Morgan fingerprint density at radius 2 is 1.89 bits per heavy atom. The largest absolute Gasteiger partial charge is 0.464 e. The zero-order valence-corrected chi connectivity index (χ0v) is 19.0. The van der Waals surface area contributed by atoms with Crippen molar-refractivity contribution in [2.24, 2.45) is 12.0 Å². The van der Waals surface area contributed by atoms with Crippen LogP contribution in [0.2, 0.25) is 0 Å². The first-order chi connectivity index (χ1) is 13.0. The summed E-state index contributed by atoms with van der Waals surface area (Å²) in [4.78, 5) is 4.71. The second-order valence-corrected chi connectivity index (χ2v) is 6.54. The number of aromatic nitrogens is 3. The molecule has 3 aromatic rings. The highest BCUT2D eigenvalue weighted by atomic mass is 127. The van der Waals surface area contributed by atoms with Crippen molar-refractivity contribution in [3.63, 3.8) is 0 Å². The number of nitrogens with zero attached hydrogens (tertiary/aromatic N) is 4. The van der Waals surface area contributed by atoms with E-state index in [0.717, 1.165) is 28.7 Å². The average molecular weight is 494 g/mol. The smallest absolute Gasteiger partial charge is 0.192 e. The Hall–Kier alpha value is -2.36. The number of furan rings is 1. The normalized spacial score (nSPS) is 12.4. The summed E-state index contributed by atoms with van der Waals surface area (Å²) in [7, 11) is 1.95. The summed E-state index contributed by atoms with van der Waals surface area (Å²) in [6.45, 7) is 7.03. The summed E-state index contributed by atoms with van der Waals surface area (Å²) in [6.07, 6.45) is 0. The maximum atomic E-state index is 5.72. The van der Waals surface area contributed by atoms with Gasteiger partial charge in [-0.05, 0) is 38.5 Å². The number of hydrogen-bond acceptors (Lipinski definition) is 4. The van der Waals surface area contributed by atoms with Crippen LogP contribution in [0.5, 0.6) is 0 Å². The van der Waals surface area contributed by atoms with Crippen molar-refractivity contribution < 1.29 is 4.42 Å². The van der Waals surface area contributed by atoms with Gasteiger partial charge in [-0.3, -0.25) is 0 Å². The lowest BCUT2D eigenvalue weighted by molar-refractivity contribution is 0.441. The van der Waals surface area contributed by atoms with Crippen molar-refractivity contribution in [3.05, 3.63) is 71.2 Å². The zero-order valence-electron chi connectivity index (χ0n) is 16.6. The number of nitrogens with one attached hydrogen (secondary N) is 2. The maximum absolute atomic E-state index is 5.72. The van der Waals surface area contributed by atoms with Gasteiger partial charge in [0, 0.05) is 7.05 Å². The minimum absolute atomic E-state index is 0. The van der Waals surface area contributed by atoms with Crippen LogP contribution >= 0.6 is 24.0 Å². The molecule has 2 heterocycles. The summed E-state index contributed by atoms with van der Waals surface area (Å²) >= 11 is 0. The number of hydrogen-bond donors (Lipinski definition) is 2. The van der Waals surface area contributed by atoms with Gasteiger partial charge in [0.05, 0.1) is 19.1 Å². The third-order valence-corrected chi connectivity index (χ3v) is 4.40. The summed E-state index contributed by atoms with van der Waals surface area (Å²) in [5.74, 6) is 4.19. The Balaban J connectivity index is 0.00000280. The fourth-order valence-electron chi connectivity index (χ4n) is 2.64. The van der Waals surface area contributed by atoms with Crippen molar-refractivity contribution in [2.45, 2.75) is 39.9 Å². The van der Waals surface area contributed by atoms with Crippen molar-refractivity contribution in [1.82, 2.24) is 25.4 Å². The van der Waals surface area contributed by atoms with Crippen molar-refractivity contribution >= 4 is 29.9 Å². The number of aliphatic imine (C=N–C) groups is 1. The molecule has 0 spiro atoms. The molecule has 150 valence electrons. The van der Waals surface area contributed by atoms with E-state index < -0.39 is 0 Å². The molecule has 2 aromatic heterocycles. The number of benzene rings is 1. The molecule has 0 radical (unpaired) electrons. The predicted molar refractivity (Wildman–Crippen MR) is 121 cm³/mol. The number of aryl methyl sites for hydroxylation is 2. The fraction of sp³-hybridized carbons (Fsp3) is 0.350. The molecule has 0 aliphatic heterocycles. The first-order valence-electron chi connectivity index (χ1n) is 9.03. The Labute approximate surface area is 182 Å². The van der Waals surface area contributed by atoms with Crippen molar-refractivity contribution in [1.29, 1.82) is 0 Å². The summed E-state index contributed by atoms with van der Waals surface area (Å²) < 4.78 is 7.68. The minimum Gasteiger partial charge on any atom is -0.464 e. The van der Waals surface area contributed by atoms with Crippen molar-refractivity contribution in [2.75, 3.05) is 0 Å². The Bertz CT molecular complexity index is 903. The van der Waals surface area contributed by atoms with E-state index in [-0.39, 0.29) is 30.0 Å². The van der Waals surface area contributed by atoms with Gasteiger partial charge in [0.1, 0.15) is 17.3 Å². The average Bonchev–Trinajstić information content (AvgIpc) is 3.25. The lowest BCUT2D eigenvalue weighted by Gasteiger charge is -2.17. The number of guanidine groups is 1. The molecule has 0 aliphatic carbocycles. The molecule has 7 nitrogen and oxygen atoms in total. The highest BCUT2D eigenvalue weighted by molar-refractivity contribution is 14.0. The molecule has 1 unspecified atom stereocenters. The van der Waals surface area contributed by atoms with Gasteiger partial charge in [0.15, 0.2) is 11.8 Å². The van der Waals surface area contributed by atoms with Crippen LogP contribution in [0.25, 0.3) is 0 Å². The second kappa shape index (κ2) is 10.3.